The molecule has 1 aliphatic heterocycles. The van der Waals surface area contributed by atoms with Crippen LogP contribution in [0.1, 0.15) is 5.56 Å². The Labute approximate surface area is 126 Å². The Morgan fingerprint density at radius 2 is 1.64 bits per heavy atom. The molecule has 22 heavy (non-hydrogen) atoms. The van der Waals surface area contributed by atoms with Gasteiger partial charge in [0.2, 0.25) is 0 Å². The summed E-state index contributed by atoms with van der Waals surface area (Å²) in [6, 6.07) is 15.1. The summed E-state index contributed by atoms with van der Waals surface area (Å²) in [6.45, 7) is 0. The Kier molecular flexibility index (Phi) is 3.49. The minimum atomic E-state index is -0.466. The van der Waals surface area contributed by atoms with Crippen LogP contribution in [0.2, 0.25) is 0 Å². The highest BCUT2D eigenvalue weighted by Crippen LogP contribution is 2.21. The van der Waals surface area contributed by atoms with Gasteiger partial charge in [-0.2, -0.15) is 0 Å². The van der Waals surface area contributed by atoms with E-state index >= 15 is 0 Å². The molecule has 0 unspecified atom stereocenters. The van der Waals surface area contributed by atoms with Crippen molar-refractivity contribution in [3.63, 3.8) is 0 Å². The van der Waals surface area contributed by atoms with Gasteiger partial charge in [0, 0.05) is 0 Å². The molecule has 2 aromatic rings. The molecule has 0 spiro atoms. The summed E-state index contributed by atoms with van der Waals surface area (Å²) < 4.78 is 0. The molecule has 1 N–H and O–H groups in total. The van der Waals surface area contributed by atoms with Gasteiger partial charge >= 0.3 is 0 Å². The van der Waals surface area contributed by atoms with Crippen molar-refractivity contribution in [1.82, 2.24) is 5.43 Å². The second-order valence-corrected chi connectivity index (χ2v) is 4.66. The number of para-hydroxylation sites is 1. The van der Waals surface area contributed by atoms with Gasteiger partial charge in [-0.1, -0.05) is 30.3 Å². The number of carbonyl (C=O) groups excluding carboxylic acids is 2. The number of anilines is 1. The lowest BCUT2D eigenvalue weighted by Crippen LogP contribution is -2.35. The third-order valence-electron chi connectivity index (χ3n) is 3.22. The average molecular weight is 293 g/mol. The van der Waals surface area contributed by atoms with E-state index in [9.17, 15) is 14.5 Å². The molecule has 1 saturated heterocycles. The molecule has 1 heterocycles. The molecular weight excluding hydrogens is 282 g/mol. The van der Waals surface area contributed by atoms with Gasteiger partial charge in [-0.05, 0) is 41.1 Å². The molecule has 0 atom stereocenters. The molecule has 0 bridgehead atoms. The molecular formula is C16H11N3O3. The van der Waals surface area contributed by atoms with Crippen molar-refractivity contribution in [1.29, 1.82) is 0 Å². The number of hydrazine groups is 1. The molecule has 0 aromatic heterocycles. The minimum absolute atomic E-state index is 0.0377. The number of rotatable bonds is 3. The van der Waals surface area contributed by atoms with Crippen molar-refractivity contribution in [3.8, 4) is 0 Å². The number of nitrogens with zero attached hydrogens (tertiary/aromatic N) is 2. The summed E-state index contributed by atoms with van der Waals surface area (Å²) in [5.74, 6) is -0.889. The fraction of sp³-hybridized carbons (Fsp3) is 0. The van der Waals surface area contributed by atoms with E-state index in [0.717, 1.165) is 0 Å². The van der Waals surface area contributed by atoms with E-state index in [1.807, 2.05) is 6.07 Å². The highest BCUT2D eigenvalue weighted by molar-refractivity contribution is 6.31. The topological polar surface area (TPSA) is 78.8 Å². The van der Waals surface area contributed by atoms with Crippen molar-refractivity contribution < 1.29 is 9.59 Å². The number of hydrogen-bond donors (Lipinski definition) is 1. The minimum Gasteiger partial charge on any atom is -0.267 e. The van der Waals surface area contributed by atoms with Gasteiger partial charge in [-0.15, -0.1) is 4.91 Å². The first-order valence-electron chi connectivity index (χ1n) is 6.54. The maximum atomic E-state index is 12.3. The van der Waals surface area contributed by atoms with Crippen molar-refractivity contribution in [3.05, 3.63) is 70.6 Å². The van der Waals surface area contributed by atoms with Crippen molar-refractivity contribution >= 4 is 29.3 Å². The summed E-state index contributed by atoms with van der Waals surface area (Å²) >= 11 is 0. The first-order chi connectivity index (χ1) is 10.7. The van der Waals surface area contributed by atoms with Gasteiger partial charge in [0.05, 0.1) is 5.69 Å². The van der Waals surface area contributed by atoms with E-state index < -0.39 is 11.8 Å². The zero-order valence-corrected chi connectivity index (χ0v) is 11.4. The molecule has 6 heteroatoms. The number of nitroso groups, excluding NO2 is 1. The van der Waals surface area contributed by atoms with Crippen LogP contribution in [-0.2, 0) is 9.59 Å². The Bertz CT molecular complexity index is 767. The molecule has 0 saturated carbocycles. The van der Waals surface area contributed by atoms with E-state index in [0.29, 0.717) is 11.3 Å². The third-order valence-corrected chi connectivity index (χ3v) is 3.22. The van der Waals surface area contributed by atoms with E-state index in [1.165, 1.54) is 23.2 Å². The summed E-state index contributed by atoms with van der Waals surface area (Å²) in [5, 5.41) is 4.00. The molecule has 2 amide bonds. The molecule has 0 aliphatic carbocycles. The summed E-state index contributed by atoms with van der Waals surface area (Å²) in [5.41, 5.74) is 4.07. The standard InChI is InChI=1S/C16H11N3O3/c20-15-14(10-11-6-8-12(18-22)9-7-11)16(21)19(17-15)13-4-2-1-3-5-13/h1-10H,(H,17,20)/b14-10-. The molecule has 1 fully saturated rings. The first-order valence-corrected chi connectivity index (χ1v) is 6.54. The molecule has 2 aromatic carbocycles. The number of carbonyl (C=O) groups is 2. The van der Waals surface area contributed by atoms with Crippen LogP contribution in [-0.4, -0.2) is 11.8 Å². The van der Waals surface area contributed by atoms with Gasteiger partial charge in [-0.25, -0.2) is 5.01 Å². The fourth-order valence-electron chi connectivity index (χ4n) is 2.11. The average Bonchev–Trinajstić information content (AvgIpc) is 2.84. The zero-order valence-electron chi connectivity index (χ0n) is 11.4. The summed E-state index contributed by atoms with van der Waals surface area (Å²) in [7, 11) is 0. The van der Waals surface area contributed by atoms with E-state index in [4.69, 9.17) is 0 Å². The lowest BCUT2D eigenvalue weighted by molar-refractivity contribution is -0.117. The predicted molar refractivity (Wildman–Crippen MR) is 81.9 cm³/mol. The second kappa shape index (κ2) is 5.61. The third kappa shape index (κ3) is 2.49. The molecule has 108 valence electrons. The van der Waals surface area contributed by atoms with Crippen LogP contribution >= 0.6 is 0 Å². The SMILES string of the molecule is O=Nc1ccc(/C=C2/C(=O)NN(c3ccccc3)C2=O)cc1. The molecule has 1 aliphatic rings. The monoisotopic (exact) mass is 293 g/mol. The van der Waals surface area contributed by atoms with Crippen LogP contribution in [0.15, 0.2) is 65.3 Å². The lowest BCUT2D eigenvalue weighted by atomic mass is 10.1. The molecule has 3 rings (SSSR count). The van der Waals surface area contributed by atoms with Crippen LogP contribution in [0.5, 0.6) is 0 Å². The normalized spacial score (nSPS) is 16.0. The van der Waals surface area contributed by atoms with Crippen molar-refractivity contribution in [2.75, 3.05) is 5.01 Å². The molecule has 6 nitrogen and oxygen atoms in total. The predicted octanol–water partition coefficient (Wildman–Crippen LogP) is 2.55. The zero-order chi connectivity index (χ0) is 15.5. The number of amides is 2. The highest BCUT2D eigenvalue weighted by Gasteiger charge is 2.34. The summed E-state index contributed by atoms with van der Waals surface area (Å²) in [6.07, 6.45) is 1.48. The Morgan fingerprint density at radius 3 is 2.27 bits per heavy atom. The van der Waals surface area contributed by atoms with E-state index in [-0.39, 0.29) is 11.3 Å². The maximum Gasteiger partial charge on any atom is 0.282 e. The van der Waals surface area contributed by atoms with Crippen LogP contribution in [0.4, 0.5) is 11.4 Å². The van der Waals surface area contributed by atoms with E-state index in [2.05, 4.69) is 10.6 Å². The van der Waals surface area contributed by atoms with Gasteiger partial charge < -0.3 is 0 Å². The van der Waals surface area contributed by atoms with Gasteiger partial charge in [-0.3, -0.25) is 15.0 Å². The van der Waals surface area contributed by atoms with Gasteiger partial charge in [0.1, 0.15) is 11.3 Å². The fourth-order valence-corrected chi connectivity index (χ4v) is 2.11. The first kappa shape index (κ1) is 13.7. The Morgan fingerprint density at radius 1 is 0.955 bits per heavy atom. The van der Waals surface area contributed by atoms with Crippen LogP contribution in [0.25, 0.3) is 6.08 Å². The molecule has 0 radical (unpaired) electrons. The Hall–Kier alpha value is -3.28. The quantitative estimate of drug-likeness (QED) is 0.536. The Balaban J connectivity index is 1.90. The van der Waals surface area contributed by atoms with Gasteiger partial charge in [0.25, 0.3) is 11.8 Å². The summed E-state index contributed by atoms with van der Waals surface area (Å²) in [4.78, 5) is 34.7. The maximum absolute atomic E-state index is 12.3. The largest absolute Gasteiger partial charge is 0.282 e. The number of hydrogen-bond acceptors (Lipinski definition) is 4. The number of benzene rings is 2. The van der Waals surface area contributed by atoms with Crippen LogP contribution in [0, 0.1) is 4.91 Å². The van der Waals surface area contributed by atoms with Crippen LogP contribution < -0.4 is 10.4 Å². The van der Waals surface area contributed by atoms with Crippen molar-refractivity contribution in [2.24, 2.45) is 5.18 Å². The van der Waals surface area contributed by atoms with Gasteiger partial charge in [0.15, 0.2) is 0 Å². The van der Waals surface area contributed by atoms with Crippen LogP contribution in [0.3, 0.4) is 0 Å². The lowest BCUT2D eigenvalue weighted by Gasteiger charge is -2.13. The number of nitrogens with one attached hydrogen (secondary N) is 1. The second-order valence-electron chi connectivity index (χ2n) is 4.66. The highest BCUT2D eigenvalue weighted by atomic mass is 16.3. The van der Waals surface area contributed by atoms with E-state index in [1.54, 1.807) is 36.4 Å². The van der Waals surface area contributed by atoms with Crippen molar-refractivity contribution in [2.45, 2.75) is 0 Å². The smallest absolute Gasteiger partial charge is 0.267 e.